The lowest BCUT2D eigenvalue weighted by atomic mass is 10.2. The van der Waals surface area contributed by atoms with Crippen LogP contribution < -0.4 is 10.1 Å². The minimum absolute atomic E-state index is 0.0232. The van der Waals surface area contributed by atoms with Crippen LogP contribution in [0.2, 0.25) is 5.02 Å². The molecule has 7 heteroatoms. The molecular formula is C12H14ClF3N2O. The number of hydrogen-bond acceptors (Lipinski definition) is 3. The van der Waals surface area contributed by atoms with Crippen molar-refractivity contribution in [1.82, 2.24) is 10.2 Å². The molecule has 1 heterocycles. The minimum Gasteiger partial charge on any atom is -0.404 e. The van der Waals surface area contributed by atoms with Crippen LogP contribution in [0.15, 0.2) is 18.2 Å². The van der Waals surface area contributed by atoms with Gasteiger partial charge in [0.25, 0.3) is 0 Å². The van der Waals surface area contributed by atoms with Crippen LogP contribution in [0.3, 0.4) is 0 Å². The van der Waals surface area contributed by atoms with Crippen LogP contribution in [0.4, 0.5) is 13.2 Å². The van der Waals surface area contributed by atoms with Gasteiger partial charge in [0.2, 0.25) is 0 Å². The minimum atomic E-state index is -4.72. The lowest BCUT2D eigenvalue weighted by molar-refractivity contribution is -0.274. The summed E-state index contributed by atoms with van der Waals surface area (Å²) >= 11 is 5.80. The highest BCUT2D eigenvalue weighted by Gasteiger charge is 2.32. The van der Waals surface area contributed by atoms with E-state index in [0.717, 1.165) is 31.7 Å². The van der Waals surface area contributed by atoms with E-state index in [0.29, 0.717) is 6.54 Å². The predicted octanol–water partition coefficient (Wildman–Crippen LogP) is 2.64. The van der Waals surface area contributed by atoms with Crippen molar-refractivity contribution in [3.63, 3.8) is 0 Å². The Hall–Kier alpha value is -0.980. The van der Waals surface area contributed by atoms with Crippen LogP contribution in [0.5, 0.6) is 5.75 Å². The predicted molar refractivity (Wildman–Crippen MR) is 66.3 cm³/mol. The average Bonchev–Trinajstić information content (AvgIpc) is 2.33. The summed E-state index contributed by atoms with van der Waals surface area (Å²) in [7, 11) is 0. The van der Waals surface area contributed by atoms with Crippen molar-refractivity contribution in [2.75, 3.05) is 26.2 Å². The summed E-state index contributed by atoms with van der Waals surface area (Å²) in [5, 5.41) is 3.21. The maximum Gasteiger partial charge on any atom is 0.573 e. The molecule has 2 rings (SSSR count). The highest BCUT2D eigenvalue weighted by molar-refractivity contribution is 6.32. The van der Waals surface area contributed by atoms with Crippen LogP contribution in [0, 0.1) is 0 Å². The Balaban J connectivity index is 2.01. The normalized spacial score (nSPS) is 17.5. The highest BCUT2D eigenvalue weighted by Crippen LogP contribution is 2.31. The van der Waals surface area contributed by atoms with Gasteiger partial charge in [-0.3, -0.25) is 4.90 Å². The molecule has 1 aromatic rings. The van der Waals surface area contributed by atoms with Gasteiger partial charge in [0.1, 0.15) is 5.75 Å². The Kier molecular flexibility index (Phi) is 4.54. The van der Waals surface area contributed by atoms with Gasteiger partial charge in [-0.05, 0) is 17.7 Å². The number of hydrogen-bond donors (Lipinski definition) is 1. The Labute approximate surface area is 114 Å². The molecule has 1 aromatic carbocycles. The fourth-order valence-electron chi connectivity index (χ4n) is 1.98. The molecule has 1 fully saturated rings. The molecule has 0 saturated carbocycles. The van der Waals surface area contributed by atoms with Gasteiger partial charge >= 0.3 is 6.36 Å². The molecule has 1 aliphatic rings. The van der Waals surface area contributed by atoms with Crippen molar-refractivity contribution in [3.05, 3.63) is 28.8 Å². The molecule has 1 saturated heterocycles. The van der Waals surface area contributed by atoms with Crippen molar-refractivity contribution in [2.45, 2.75) is 12.9 Å². The van der Waals surface area contributed by atoms with Crippen LogP contribution in [-0.2, 0) is 6.54 Å². The monoisotopic (exact) mass is 294 g/mol. The Bertz CT molecular complexity index is 433. The van der Waals surface area contributed by atoms with E-state index < -0.39 is 6.36 Å². The number of nitrogens with zero attached hydrogens (tertiary/aromatic N) is 1. The smallest absolute Gasteiger partial charge is 0.404 e. The van der Waals surface area contributed by atoms with Crippen molar-refractivity contribution in [2.24, 2.45) is 0 Å². The number of nitrogens with one attached hydrogen (secondary N) is 1. The lowest BCUT2D eigenvalue weighted by Crippen LogP contribution is -2.42. The van der Waals surface area contributed by atoms with E-state index in [1.54, 1.807) is 6.07 Å². The number of rotatable bonds is 3. The number of ether oxygens (including phenoxy) is 1. The molecule has 0 spiro atoms. The standard InChI is InChI=1S/C12H14ClF3N2O/c13-10-7-9(8-18-5-3-17-4-6-18)1-2-11(10)19-12(14,15)16/h1-2,7,17H,3-6,8H2. The molecule has 0 amide bonds. The zero-order valence-corrected chi connectivity index (χ0v) is 10.9. The van der Waals surface area contributed by atoms with E-state index in [9.17, 15) is 13.2 Å². The van der Waals surface area contributed by atoms with E-state index in [-0.39, 0.29) is 10.8 Å². The summed E-state index contributed by atoms with van der Waals surface area (Å²) in [5.41, 5.74) is 0.876. The SMILES string of the molecule is FC(F)(F)Oc1ccc(CN2CCNCC2)cc1Cl. The maximum atomic E-state index is 12.1. The van der Waals surface area contributed by atoms with E-state index in [1.807, 2.05) is 0 Å². The molecule has 3 nitrogen and oxygen atoms in total. The van der Waals surface area contributed by atoms with Crippen molar-refractivity contribution in [1.29, 1.82) is 0 Å². The average molecular weight is 295 g/mol. The molecule has 1 N–H and O–H groups in total. The Morgan fingerprint density at radius 3 is 2.53 bits per heavy atom. The molecular weight excluding hydrogens is 281 g/mol. The fraction of sp³-hybridized carbons (Fsp3) is 0.500. The van der Waals surface area contributed by atoms with E-state index in [2.05, 4.69) is 15.0 Å². The van der Waals surface area contributed by atoms with Gasteiger partial charge in [0.05, 0.1) is 5.02 Å². The van der Waals surface area contributed by atoms with Crippen LogP contribution >= 0.6 is 11.6 Å². The van der Waals surface area contributed by atoms with Gasteiger partial charge in [-0.2, -0.15) is 0 Å². The molecule has 0 unspecified atom stereocenters. The van der Waals surface area contributed by atoms with Crippen LogP contribution in [0.25, 0.3) is 0 Å². The number of alkyl halides is 3. The zero-order valence-electron chi connectivity index (χ0n) is 10.1. The molecule has 1 aliphatic heterocycles. The second kappa shape index (κ2) is 5.98. The quantitative estimate of drug-likeness (QED) is 0.927. The van der Waals surface area contributed by atoms with Gasteiger partial charge in [0.15, 0.2) is 0 Å². The molecule has 106 valence electrons. The van der Waals surface area contributed by atoms with Gasteiger partial charge in [-0.15, -0.1) is 13.2 Å². The largest absolute Gasteiger partial charge is 0.573 e. The number of piperazine rings is 1. The summed E-state index contributed by atoms with van der Waals surface area (Å²) in [6.07, 6.45) is -4.72. The van der Waals surface area contributed by atoms with Gasteiger partial charge in [-0.1, -0.05) is 17.7 Å². The summed E-state index contributed by atoms with van der Waals surface area (Å²) in [6.45, 7) is 4.34. The summed E-state index contributed by atoms with van der Waals surface area (Å²) in [5.74, 6) is -0.363. The van der Waals surface area contributed by atoms with Crippen LogP contribution in [-0.4, -0.2) is 37.4 Å². The van der Waals surface area contributed by atoms with Gasteiger partial charge in [0, 0.05) is 32.7 Å². The van der Waals surface area contributed by atoms with Crippen molar-refractivity contribution >= 4 is 11.6 Å². The molecule has 0 aliphatic carbocycles. The summed E-state index contributed by atoms with van der Waals surface area (Å²) < 4.78 is 40.1. The Morgan fingerprint density at radius 1 is 1.26 bits per heavy atom. The topological polar surface area (TPSA) is 24.5 Å². The molecule has 0 bridgehead atoms. The lowest BCUT2D eigenvalue weighted by Gasteiger charge is -2.27. The number of halogens is 4. The molecule has 19 heavy (non-hydrogen) atoms. The van der Waals surface area contributed by atoms with Gasteiger partial charge in [-0.25, -0.2) is 0 Å². The molecule has 0 radical (unpaired) electrons. The highest BCUT2D eigenvalue weighted by atomic mass is 35.5. The first-order chi connectivity index (χ1) is 8.94. The van der Waals surface area contributed by atoms with Crippen molar-refractivity contribution in [3.8, 4) is 5.75 Å². The summed E-state index contributed by atoms with van der Waals surface area (Å²) in [4.78, 5) is 2.21. The fourth-order valence-corrected chi connectivity index (χ4v) is 2.22. The van der Waals surface area contributed by atoms with Crippen LogP contribution in [0.1, 0.15) is 5.56 Å². The first-order valence-electron chi connectivity index (χ1n) is 5.91. The second-order valence-electron chi connectivity index (χ2n) is 4.34. The van der Waals surface area contributed by atoms with Crippen molar-refractivity contribution < 1.29 is 17.9 Å². The third-order valence-electron chi connectivity index (χ3n) is 2.84. The molecule has 0 aromatic heterocycles. The number of benzene rings is 1. The first kappa shape index (κ1) is 14.4. The van der Waals surface area contributed by atoms with E-state index >= 15 is 0 Å². The second-order valence-corrected chi connectivity index (χ2v) is 4.75. The third kappa shape index (κ3) is 4.56. The van der Waals surface area contributed by atoms with E-state index in [1.165, 1.54) is 12.1 Å². The zero-order chi connectivity index (χ0) is 13.9. The molecule has 0 atom stereocenters. The Morgan fingerprint density at radius 2 is 1.95 bits per heavy atom. The maximum absolute atomic E-state index is 12.1. The summed E-state index contributed by atoms with van der Waals surface area (Å²) in [6, 6.07) is 4.38. The first-order valence-corrected chi connectivity index (χ1v) is 6.29. The van der Waals surface area contributed by atoms with E-state index in [4.69, 9.17) is 11.6 Å². The third-order valence-corrected chi connectivity index (χ3v) is 3.13. The van der Waals surface area contributed by atoms with Gasteiger partial charge < -0.3 is 10.1 Å².